The van der Waals surface area contributed by atoms with Gasteiger partial charge in [-0.25, -0.2) is 9.78 Å². The number of hydrogen-bond donors (Lipinski definition) is 0. The zero-order chi connectivity index (χ0) is 13.5. The molecule has 1 aromatic heterocycles. The third-order valence-corrected chi connectivity index (χ3v) is 2.32. The molecule has 0 atom stereocenters. The SMILES string of the molecule is O=NOC(=O)c1ccc(OCc2ccccc2)nc1. The van der Waals surface area contributed by atoms with Crippen LogP contribution in [0.25, 0.3) is 0 Å². The summed E-state index contributed by atoms with van der Waals surface area (Å²) in [4.78, 5) is 28.8. The van der Waals surface area contributed by atoms with Gasteiger partial charge in [0.15, 0.2) is 5.34 Å². The first-order chi connectivity index (χ1) is 9.29. The summed E-state index contributed by atoms with van der Waals surface area (Å²) in [5, 5.41) is 2.05. The topological polar surface area (TPSA) is 77.8 Å². The van der Waals surface area contributed by atoms with Gasteiger partial charge in [-0.05, 0) is 11.6 Å². The van der Waals surface area contributed by atoms with E-state index in [9.17, 15) is 9.70 Å². The van der Waals surface area contributed by atoms with Crippen LogP contribution in [0.5, 0.6) is 5.88 Å². The molecule has 2 rings (SSSR count). The maximum atomic E-state index is 11.1. The van der Waals surface area contributed by atoms with Crippen LogP contribution in [-0.2, 0) is 11.4 Å². The predicted molar refractivity (Wildman–Crippen MR) is 66.2 cm³/mol. The van der Waals surface area contributed by atoms with Crippen LogP contribution in [-0.4, -0.2) is 11.0 Å². The van der Waals surface area contributed by atoms with Gasteiger partial charge in [-0.2, -0.15) is 0 Å². The van der Waals surface area contributed by atoms with Crippen molar-refractivity contribution in [2.24, 2.45) is 5.34 Å². The molecule has 0 saturated heterocycles. The Hall–Kier alpha value is -2.76. The van der Waals surface area contributed by atoms with Crippen LogP contribution in [0.2, 0.25) is 0 Å². The van der Waals surface area contributed by atoms with Crippen molar-refractivity contribution < 1.29 is 14.4 Å². The minimum absolute atomic E-state index is 0.131. The molecule has 0 N–H and O–H groups in total. The molecule has 0 aliphatic carbocycles. The van der Waals surface area contributed by atoms with Gasteiger partial charge in [0.25, 0.3) is 0 Å². The van der Waals surface area contributed by atoms with Crippen LogP contribution >= 0.6 is 0 Å². The molecule has 0 bridgehead atoms. The summed E-state index contributed by atoms with van der Waals surface area (Å²) in [7, 11) is 0. The first-order valence-corrected chi connectivity index (χ1v) is 5.46. The summed E-state index contributed by atoms with van der Waals surface area (Å²) in [5.74, 6) is -0.475. The van der Waals surface area contributed by atoms with E-state index in [0.29, 0.717) is 12.5 Å². The highest BCUT2D eigenvalue weighted by Crippen LogP contribution is 2.11. The van der Waals surface area contributed by atoms with E-state index in [2.05, 4.69) is 15.2 Å². The van der Waals surface area contributed by atoms with Gasteiger partial charge in [-0.1, -0.05) is 30.3 Å². The molecule has 1 heterocycles. The van der Waals surface area contributed by atoms with Crippen LogP contribution in [0, 0.1) is 4.91 Å². The molecule has 6 nitrogen and oxygen atoms in total. The third kappa shape index (κ3) is 3.60. The second kappa shape index (κ2) is 6.25. The number of carbonyl (C=O) groups is 1. The fourth-order valence-corrected chi connectivity index (χ4v) is 1.40. The van der Waals surface area contributed by atoms with E-state index in [1.165, 1.54) is 18.3 Å². The summed E-state index contributed by atoms with van der Waals surface area (Å²) in [6.45, 7) is 0.382. The molecule has 0 aliphatic heterocycles. The van der Waals surface area contributed by atoms with E-state index in [4.69, 9.17) is 4.74 Å². The Balaban J connectivity index is 1.95. The quantitative estimate of drug-likeness (QED) is 0.608. The number of aromatic nitrogens is 1. The normalized spacial score (nSPS) is 9.68. The van der Waals surface area contributed by atoms with Crippen LogP contribution in [0.3, 0.4) is 0 Å². The van der Waals surface area contributed by atoms with Gasteiger partial charge in [0.2, 0.25) is 5.88 Å². The summed E-state index contributed by atoms with van der Waals surface area (Å²) in [6, 6.07) is 12.6. The minimum Gasteiger partial charge on any atom is -0.473 e. The average molecular weight is 258 g/mol. The first kappa shape index (κ1) is 12.7. The lowest BCUT2D eigenvalue weighted by Gasteiger charge is -2.05. The molecule has 96 valence electrons. The number of rotatable bonds is 5. The van der Waals surface area contributed by atoms with Gasteiger partial charge in [0.05, 0.1) is 5.56 Å². The molecule has 0 radical (unpaired) electrons. The largest absolute Gasteiger partial charge is 0.473 e. The van der Waals surface area contributed by atoms with E-state index < -0.39 is 5.97 Å². The number of ether oxygens (including phenoxy) is 1. The number of pyridine rings is 1. The summed E-state index contributed by atoms with van der Waals surface area (Å²) in [5.41, 5.74) is 1.14. The van der Waals surface area contributed by atoms with Crippen LogP contribution in [0.4, 0.5) is 0 Å². The van der Waals surface area contributed by atoms with Crippen molar-refractivity contribution in [3.8, 4) is 5.88 Å². The lowest BCUT2D eigenvalue weighted by Crippen LogP contribution is -2.02. The number of benzene rings is 1. The van der Waals surface area contributed by atoms with Crippen molar-refractivity contribution in [3.05, 3.63) is 64.7 Å². The van der Waals surface area contributed by atoms with Crippen LogP contribution in [0.1, 0.15) is 15.9 Å². The van der Waals surface area contributed by atoms with Gasteiger partial charge in [0, 0.05) is 12.3 Å². The molecule has 0 amide bonds. The van der Waals surface area contributed by atoms with E-state index >= 15 is 0 Å². The fraction of sp³-hybridized carbons (Fsp3) is 0.0769. The lowest BCUT2D eigenvalue weighted by atomic mass is 10.2. The molecule has 0 unspecified atom stereocenters. The van der Waals surface area contributed by atoms with Gasteiger partial charge in [-0.3, -0.25) is 4.84 Å². The maximum absolute atomic E-state index is 11.1. The summed E-state index contributed by atoms with van der Waals surface area (Å²) < 4.78 is 5.44. The molecular weight excluding hydrogens is 248 g/mol. The van der Waals surface area contributed by atoms with E-state index in [-0.39, 0.29) is 5.56 Å². The van der Waals surface area contributed by atoms with E-state index in [1.807, 2.05) is 30.3 Å². The van der Waals surface area contributed by atoms with Crippen molar-refractivity contribution in [1.82, 2.24) is 4.98 Å². The Bertz CT molecular complexity index is 555. The Morgan fingerprint density at radius 2 is 1.95 bits per heavy atom. The molecular formula is C13H10N2O4. The third-order valence-electron chi connectivity index (χ3n) is 2.32. The van der Waals surface area contributed by atoms with Crippen LogP contribution in [0.15, 0.2) is 54.0 Å². The standard InChI is InChI=1S/C13H10N2O4/c16-13(19-15-17)11-6-7-12(14-8-11)18-9-10-4-2-1-3-5-10/h1-8H,9H2. The first-order valence-electron chi connectivity index (χ1n) is 5.46. The molecule has 0 fully saturated rings. The molecule has 0 aliphatic rings. The Morgan fingerprint density at radius 3 is 2.58 bits per heavy atom. The summed E-state index contributed by atoms with van der Waals surface area (Å²) in [6.07, 6.45) is 1.26. The molecule has 1 aromatic carbocycles. The van der Waals surface area contributed by atoms with Gasteiger partial charge < -0.3 is 4.74 Å². The van der Waals surface area contributed by atoms with Crippen LogP contribution < -0.4 is 4.74 Å². The predicted octanol–water partition coefficient (Wildman–Crippen LogP) is 2.50. The Kier molecular flexibility index (Phi) is 4.17. The minimum atomic E-state index is -0.850. The second-order valence-electron chi connectivity index (χ2n) is 3.61. The fourth-order valence-electron chi connectivity index (χ4n) is 1.40. The molecule has 0 spiro atoms. The number of hydrogen-bond acceptors (Lipinski definition) is 6. The van der Waals surface area contributed by atoms with E-state index in [1.54, 1.807) is 0 Å². The highest BCUT2D eigenvalue weighted by atomic mass is 16.7. The summed E-state index contributed by atoms with van der Waals surface area (Å²) >= 11 is 0. The Labute approximate surface area is 108 Å². The Morgan fingerprint density at radius 1 is 1.16 bits per heavy atom. The zero-order valence-electron chi connectivity index (χ0n) is 9.85. The highest BCUT2D eigenvalue weighted by Gasteiger charge is 2.08. The maximum Gasteiger partial charge on any atom is 0.370 e. The van der Waals surface area contributed by atoms with Gasteiger partial charge in [0.1, 0.15) is 6.61 Å². The monoisotopic (exact) mass is 258 g/mol. The average Bonchev–Trinajstić information content (AvgIpc) is 2.47. The lowest BCUT2D eigenvalue weighted by molar-refractivity contribution is 0.0507. The van der Waals surface area contributed by atoms with Crippen molar-refractivity contribution in [2.75, 3.05) is 0 Å². The smallest absolute Gasteiger partial charge is 0.370 e. The molecule has 6 heteroatoms. The molecule has 19 heavy (non-hydrogen) atoms. The zero-order valence-corrected chi connectivity index (χ0v) is 9.85. The highest BCUT2D eigenvalue weighted by molar-refractivity contribution is 5.88. The second-order valence-corrected chi connectivity index (χ2v) is 3.61. The van der Waals surface area contributed by atoms with E-state index in [0.717, 1.165) is 5.56 Å². The van der Waals surface area contributed by atoms with Crippen molar-refractivity contribution in [1.29, 1.82) is 0 Å². The van der Waals surface area contributed by atoms with Crippen molar-refractivity contribution >= 4 is 5.97 Å². The van der Waals surface area contributed by atoms with Gasteiger partial charge >= 0.3 is 5.97 Å². The number of carbonyl (C=O) groups excluding carboxylic acids is 1. The molecule has 2 aromatic rings. The van der Waals surface area contributed by atoms with Crippen molar-refractivity contribution in [2.45, 2.75) is 6.61 Å². The molecule has 0 saturated carbocycles. The van der Waals surface area contributed by atoms with Crippen molar-refractivity contribution in [3.63, 3.8) is 0 Å². The number of nitrogens with zero attached hydrogens (tertiary/aromatic N) is 2. The van der Waals surface area contributed by atoms with Gasteiger partial charge in [-0.15, -0.1) is 4.91 Å².